The minimum Gasteiger partial charge on any atom is -0.480 e. The molecule has 2 saturated heterocycles. The standard InChI is InChI=1S/C16H23N3O5/c1-16(2)14(23)17-15(24)18(16)8-12(20)19-10-6-4-3-5-9(10)7-11(19)13(21)22/h9-11H,3-8H2,1-2H3,(H,21,22)(H,17,23,24)/t9-,10+,11-/m0/s1. The summed E-state index contributed by atoms with van der Waals surface area (Å²) in [5, 5.41) is 11.7. The Bertz CT molecular complexity index is 603. The van der Waals surface area contributed by atoms with Gasteiger partial charge in [0.1, 0.15) is 18.1 Å². The lowest BCUT2D eigenvalue weighted by atomic mass is 9.85. The summed E-state index contributed by atoms with van der Waals surface area (Å²) >= 11 is 0. The van der Waals surface area contributed by atoms with E-state index < -0.39 is 35.4 Å². The molecular formula is C16H23N3O5. The molecule has 0 radical (unpaired) electrons. The summed E-state index contributed by atoms with van der Waals surface area (Å²) in [5.41, 5.74) is -1.11. The van der Waals surface area contributed by atoms with Gasteiger partial charge in [0.25, 0.3) is 5.91 Å². The van der Waals surface area contributed by atoms with Gasteiger partial charge < -0.3 is 14.9 Å². The molecule has 3 rings (SSSR count). The van der Waals surface area contributed by atoms with E-state index in [4.69, 9.17) is 0 Å². The summed E-state index contributed by atoms with van der Waals surface area (Å²) in [6.07, 6.45) is 4.25. The molecule has 0 aromatic heterocycles. The van der Waals surface area contributed by atoms with E-state index >= 15 is 0 Å². The number of amides is 4. The fourth-order valence-corrected chi connectivity index (χ4v) is 4.22. The summed E-state index contributed by atoms with van der Waals surface area (Å²) in [5.74, 6) is -1.63. The lowest BCUT2D eigenvalue weighted by molar-refractivity contribution is -0.150. The quantitative estimate of drug-likeness (QED) is 0.732. The highest BCUT2D eigenvalue weighted by Gasteiger charge is 2.51. The van der Waals surface area contributed by atoms with Crippen LogP contribution < -0.4 is 5.32 Å². The first-order chi connectivity index (χ1) is 11.2. The third-order valence-electron chi connectivity index (χ3n) is 5.65. The van der Waals surface area contributed by atoms with Gasteiger partial charge in [-0.15, -0.1) is 0 Å². The van der Waals surface area contributed by atoms with Crippen molar-refractivity contribution in [3.05, 3.63) is 0 Å². The zero-order valence-corrected chi connectivity index (χ0v) is 13.9. The Hall–Kier alpha value is -2.12. The fourth-order valence-electron chi connectivity index (χ4n) is 4.22. The molecule has 0 aromatic rings. The smallest absolute Gasteiger partial charge is 0.326 e. The van der Waals surface area contributed by atoms with Crippen molar-refractivity contribution in [2.24, 2.45) is 5.92 Å². The lowest BCUT2D eigenvalue weighted by Crippen LogP contribution is -2.53. The van der Waals surface area contributed by atoms with Crippen molar-refractivity contribution in [1.82, 2.24) is 15.1 Å². The number of likely N-dealkylation sites (tertiary alicyclic amines) is 1. The van der Waals surface area contributed by atoms with Gasteiger partial charge in [-0.25, -0.2) is 9.59 Å². The minimum atomic E-state index is -1.11. The molecule has 2 aliphatic heterocycles. The van der Waals surface area contributed by atoms with Crippen molar-refractivity contribution in [3.8, 4) is 0 Å². The van der Waals surface area contributed by atoms with E-state index in [1.165, 1.54) is 9.80 Å². The van der Waals surface area contributed by atoms with Crippen molar-refractivity contribution in [2.45, 2.75) is 63.6 Å². The van der Waals surface area contributed by atoms with Crippen molar-refractivity contribution in [1.29, 1.82) is 0 Å². The SMILES string of the molecule is CC1(C)C(=O)NC(=O)N1CC(=O)N1[C@@H]2CCCC[C@H]2C[C@H]1C(=O)O. The summed E-state index contributed by atoms with van der Waals surface area (Å²) in [7, 11) is 0. The molecule has 0 unspecified atom stereocenters. The molecule has 3 fully saturated rings. The Morgan fingerprint density at radius 3 is 2.50 bits per heavy atom. The number of carboxylic acid groups (broad SMARTS) is 1. The maximum atomic E-state index is 12.8. The third-order valence-corrected chi connectivity index (χ3v) is 5.65. The van der Waals surface area contributed by atoms with Crippen molar-refractivity contribution >= 4 is 23.8 Å². The molecule has 132 valence electrons. The van der Waals surface area contributed by atoms with Crippen LogP contribution in [-0.2, 0) is 14.4 Å². The van der Waals surface area contributed by atoms with Gasteiger partial charge in [0.2, 0.25) is 5.91 Å². The van der Waals surface area contributed by atoms with Gasteiger partial charge in [-0.1, -0.05) is 12.8 Å². The molecule has 3 atom stereocenters. The van der Waals surface area contributed by atoms with Crippen molar-refractivity contribution < 1.29 is 24.3 Å². The number of aliphatic carboxylic acids is 1. The highest BCUT2D eigenvalue weighted by molar-refractivity contribution is 6.07. The molecule has 1 aliphatic carbocycles. The van der Waals surface area contributed by atoms with Gasteiger partial charge in [0.15, 0.2) is 0 Å². The van der Waals surface area contributed by atoms with Crippen LogP contribution in [0.15, 0.2) is 0 Å². The van der Waals surface area contributed by atoms with E-state index in [2.05, 4.69) is 5.32 Å². The number of carboxylic acids is 1. The Balaban J connectivity index is 1.81. The second kappa shape index (κ2) is 5.75. The molecule has 1 saturated carbocycles. The van der Waals surface area contributed by atoms with Crippen molar-refractivity contribution in [3.63, 3.8) is 0 Å². The fraction of sp³-hybridized carbons (Fsp3) is 0.750. The summed E-state index contributed by atoms with van der Waals surface area (Å²) in [6.45, 7) is 2.86. The largest absolute Gasteiger partial charge is 0.480 e. The normalized spacial score (nSPS) is 31.8. The van der Waals surface area contributed by atoms with Crippen LogP contribution in [0.4, 0.5) is 4.79 Å². The Morgan fingerprint density at radius 2 is 1.92 bits per heavy atom. The number of carbonyl (C=O) groups is 4. The number of imide groups is 1. The number of hydrogen-bond acceptors (Lipinski definition) is 4. The number of nitrogens with zero attached hydrogens (tertiary/aromatic N) is 2. The number of carbonyl (C=O) groups excluding carboxylic acids is 3. The summed E-state index contributed by atoms with van der Waals surface area (Å²) < 4.78 is 0. The molecule has 3 aliphatic rings. The van der Waals surface area contributed by atoms with Crippen LogP contribution >= 0.6 is 0 Å². The first-order valence-electron chi connectivity index (χ1n) is 8.40. The molecule has 24 heavy (non-hydrogen) atoms. The van der Waals surface area contributed by atoms with Crippen LogP contribution in [0.1, 0.15) is 46.0 Å². The third kappa shape index (κ3) is 2.53. The van der Waals surface area contributed by atoms with Gasteiger partial charge in [-0.05, 0) is 39.0 Å². The monoisotopic (exact) mass is 337 g/mol. The molecule has 0 spiro atoms. The minimum absolute atomic E-state index is 0.0724. The molecule has 2 N–H and O–H groups in total. The van der Waals surface area contributed by atoms with E-state index in [1.54, 1.807) is 13.8 Å². The van der Waals surface area contributed by atoms with Gasteiger partial charge in [0, 0.05) is 6.04 Å². The maximum Gasteiger partial charge on any atom is 0.326 e. The van der Waals surface area contributed by atoms with Crippen LogP contribution in [0.2, 0.25) is 0 Å². The molecule has 8 nitrogen and oxygen atoms in total. The zero-order valence-electron chi connectivity index (χ0n) is 13.9. The first kappa shape index (κ1) is 16.7. The van der Waals surface area contributed by atoms with Crippen LogP contribution in [-0.4, -0.2) is 62.9 Å². The predicted molar refractivity (Wildman–Crippen MR) is 83.0 cm³/mol. The molecule has 0 aromatic carbocycles. The van der Waals surface area contributed by atoms with Crippen LogP contribution in [0.25, 0.3) is 0 Å². The number of rotatable bonds is 3. The molecule has 8 heteroatoms. The number of hydrogen-bond donors (Lipinski definition) is 2. The van der Waals surface area contributed by atoms with E-state index in [-0.39, 0.29) is 18.5 Å². The average molecular weight is 337 g/mol. The van der Waals surface area contributed by atoms with Crippen LogP contribution in [0.5, 0.6) is 0 Å². The van der Waals surface area contributed by atoms with Crippen molar-refractivity contribution in [2.75, 3.05) is 6.54 Å². The number of urea groups is 1. The zero-order chi connectivity index (χ0) is 17.6. The van der Waals surface area contributed by atoms with Gasteiger partial charge in [-0.2, -0.15) is 0 Å². The number of fused-ring (bicyclic) bond motifs is 1. The molecule has 2 heterocycles. The second-order valence-corrected chi connectivity index (χ2v) is 7.41. The highest BCUT2D eigenvalue weighted by atomic mass is 16.4. The molecular weight excluding hydrogens is 314 g/mol. The van der Waals surface area contributed by atoms with E-state index in [1.807, 2.05) is 0 Å². The number of nitrogens with one attached hydrogen (secondary N) is 1. The van der Waals surface area contributed by atoms with Gasteiger partial charge >= 0.3 is 12.0 Å². The predicted octanol–water partition coefficient (Wildman–Crippen LogP) is 0.561. The topological polar surface area (TPSA) is 107 Å². The van der Waals surface area contributed by atoms with E-state index in [9.17, 15) is 24.3 Å². The van der Waals surface area contributed by atoms with E-state index in [0.717, 1.165) is 25.7 Å². The van der Waals surface area contributed by atoms with Gasteiger partial charge in [0.05, 0.1) is 0 Å². The molecule has 0 bridgehead atoms. The lowest BCUT2D eigenvalue weighted by Gasteiger charge is -2.35. The Labute approximate surface area is 140 Å². The van der Waals surface area contributed by atoms with Crippen LogP contribution in [0, 0.1) is 5.92 Å². The Morgan fingerprint density at radius 1 is 1.25 bits per heavy atom. The average Bonchev–Trinajstić information content (AvgIpc) is 2.99. The maximum absolute atomic E-state index is 12.8. The van der Waals surface area contributed by atoms with E-state index in [0.29, 0.717) is 6.42 Å². The van der Waals surface area contributed by atoms with Gasteiger partial charge in [-0.3, -0.25) is 14.9 Å². The van der Waals surface area contributed by atoms with Crippen LogP contribution in [0.3, 0.4) is 0 Å². The second-order valence-electron chi connectivity index (χ2n) is 7.41. The Kier molecular flexibility index (Phi) is 4.01. The summed E-state index contributed by atoms with van der Waals surface area (Å²) in [4.78, 5) is 50.9. The summed E-state index contributed by atoms with van der Waals surface area (Å²) in [6, 6.07) is -1.52. The highest BCUT2D eigenvalue weighted by Crippen LogP contribution is 2.40. The first-order valence-corrected chi connectivity index (χ1v) is 8.40. The molecule has 4 amide bonds.